The molecule has 0 aliphatic rings. The number of hydrogen-bond donors (Lipinski definition) is 2. The largest absolute Gasteiger partial charge is 0.399 e. The molecule has 1 amide bonds. The van der Waals surface area contributed by atoms with Gasteiger partial charge in [-0.1, -0.05) is 0 Å². The third kappa shape index (κ3) is 2.66. The first kappa shape index (κ1) is 12.1. The summed E-state index contributed by atoms with van der Waals surface area (Å²) in [6, 6.07) is 8.83. The molecule has 18 heavy (non-hydrogen) atoms. The molecule has 92 valence electrons. The highest BCUT2D eigenvalue weighted by Crippen LogP contribution is 2.18. The molecule has 0 radical (unpaired) electrons. The Morgan fingerprint density at radius 2 is 2.00 bits per heavy atom. The second kappa shape index (κ2) is 4.87. The van der Waals surface area contributed by atoms with Crippen molar-refractivity contribution in [1.82, 2.24) is 4.98 Å². The molecule has 0 saturated heterocycles. The molecule has 0 aliphatic heterocycles. The van der Waals surface area contributed by atoms with E-state index < -0.39 is 0 Å². The van der Waals surface area contributed by atoms with Gasteiger partial charge in [0.05, 0.1) is 0 Å². The molecular weight excluding hydrogens is 226 g/mol. The van der Waals surface area contributed by atoms with Gasteiger partial charge >= 0.3 is 0 Å². The van der Waals surface area contributed by atoms with Crippen LogP contribution in [0.3, 0.4) is 0 Å². The maximum absolute atomic E-state index is 12.0. The van der Waals surface area contributed by atoms with Crippen molar-refractivity contribution in [1.29, 1.82) is 0 Å². The Kier molecular flexibility index (Phi) is 3.28. The molecule has 1 heterocycles. The fourth-order valence-corrected chi connectivity index (χ4v) is 1.71. The molecule has 0 bridgehead atoms. The summed E-state index contributed by atoms with van der Waals surface area (Å²) in [5.41, 5.74) is 9.47. The fourth-order valence-electron chi connectivity index (χ4n) is 1.71. The number of anilines is 2. The van der Waals surface area contributed by atoms with E-state index >= 15 is 0 Å². The number of benzene rings is 1. The van der Waals surface area contributed by atoms with Crippen LogP contribution in [0, 0.1) is 13.8 Å². The molecule has 1 aromatic carbocycles. The van der Waals surface area contributed by atoms with E-state index in [1.807, 2.05) is 19.9 Å². The molecule has 1 aromatic heterocycles. The molecule has 0 spiro atoms. The lowest BCUT2D eigenvalue weighted by molar-refractivity contribution is 0.102. The third-order valence-electron chi connectivity index (χ3n) is 2.66. The maximum Gasteiger partial charge on any atom is 0.255 e. The topological polar surface area (TPSA) is 68.0 Å². The number of pyridine rings is 1. The fraction of sp³-hybridized carbons (Fsp3) is 0.143. The second-order valence-corrected chi connectivity index (χ2v) is 4.21. The monoisotopic (exact) mass is 241 g/mol. The van der Waals surface area contributed by atoms with Gasteiger partial charge in [0.2, 0.25) is 0 Å². The van der Waals surface area contributed by atoms with Crippen molar-refractivity contribution < 1.29 is 4.79 Å². The number of nitrogens with one attached hydrogen (secondary N) is 1. The van der Waals surface area contributed by atoms with Gasteiger partial charge in [0.1, 0.15) is 0 Å². The standard InChI is InChI=1S/C14H15N3O/c1-9-7-12(15)3-4-13(9)17-14(18)11-5-6-16-10(2)8-11/h3-8H,15H2,1-2H3,(H,17,18). The second-order valence-electron chi connectivity index (χ2n) is 4.21. The summed E-state index contributed by atoms with van der Waals surface area (Å²) < 4.78 is 0. The number of aromatic nitrogens is 1. The first-order valence-corrected chi connectivity index (χ1v) is 5.66. The zero-order chi connectivity index (χ0) is 13.1. The van der Waals surface area contributed by atoms with Gasteiger partial charge in [-0.25, -0.2) is 0 Å². The molecule has 2 rings (SSSR count). The van der Waals surface area contributed by atoms with Crippen LogP contribution in [0.1, 0.15) is 21.6 Å². The predicted octanol–water partition coefficient (Wildman–Crippen LogP) is 2.53. The third-order valence-corrected chi connectivity index (χ3v) is 2.66. The van der Waals surface area contributed by atoms with Gasteiger partial charge in [0.25, 0.3) is 5.91 Å². The van der Waals surface area contributed by atoms with Crippen molar-refractivity contribution in [3.63, 3.8) is 0 Å². The van der Waals surface area contributed by atoms with E-state index in [1.165, 1.54) is 0 Å². The first-order chi connectivity index (χ1) is 8.56. The minimum Gasteiger partial charge on any atom is -0.399 e. The van der Waals surface area contributed by atoms with Gasteiger partial charge in [-0.05, 0) is 49.7 Å². The lowest BCUT2D eigenvalue weighted by atomic mass is 10.1. The van der Waals surface area contributed by atoms with E-state index in [0.717, 1.165) is 16.9 Å². The molecule has 0 unspecified atom stereocenters. The normalized spacial score (nSPS) is 10.1. The molecule has 2 aromatic rings. The molecule has 0 fully saturated rings. The van der Waals surface area contributed by atoms with Crippen molar-refractivity contribution in [2.75, 3.05) is 11.1 Å². The quantitative estimate of drug-likeness (QED) is 0.794. The lowest BCUT2D eigenvalue weighted by Gasteiger charge is -2.09. The maximum atomic E-state index is 12.0. The van der Waals surface area contributed by atoms with E-state index in [1.54, 1.807) is 30.5 Å². The first-order valence-electron chi connectivity index (χ1n) is 5.66. The molecule has 3 N–H and O–H groups in total. The number of amides is 1. The minimum atomic E-state index is -0.145. The van der Waals surface area contributed by atoms with Crippen LogP contribution in [0.4, 0.5) is 11.4 Å². The molecule has 0 atom stereocenters. The Morgan fingerprint density at radius 3 is 2.67 bits per heavy atom. The number of hydrogen-bond acceptors (Lipinski definition) is 3. The van der Waals surface area contributed by atoms with Crippen molar-refractivity contribution in [3.8, 4) is 0 Å². The Hall–Kier alpha value is -2.36. The highest BCUT2D eigenvalue weighted by molar-refractivity contribution is 6.04. The number of carbonyl (C=O) groups excluding carboxylic acids is 1. The number of nitrogens with two attached hydrogens (primary N) is 1. The number of aryl methyl sites for hydroxylation is 2. The molecule has 4 heteroatoms. The number of carbonyl (C=O) groups is 1. The van der Waals surface area contributed by atoms with Crippen molar-refractivity contribution in [3.05, 3.63) is 53.3 Å². The zero-order valence-electron chi connectivity index (χ0n) is 10.4. The van der Waals surface area contributed by atoms with Gasteiger partial charge in [0, 0.05) is 28.8 Å². The van der Waals surface area contributed by atoms with Gasteiger partial charge in [0.15, 0.2) is 0 Å². The van der Waals surface area contributed by atoms with Crippen molar-refractivity contribution >= 4 is 17.3 Å². The van der Waals surface area contributed by atoms with E-state index in [2.05, 4.69) is 10.3 Å². The van der Waals surface area contributed by atoms with E-state index in [-0.39, 0.29) is 5.91 Å². The summed E-state index contributed by atoms with van der Waals surface area (Å²) in [4.78, 5) is 16.1. The summed E-state index contributed by atoms with van der Waals surface area (Å²) in [5.74, 6) is -0.145. The average molecular weight is 241 g/mol. The zero-order valence-corrected chi connectivity index (χ0v) is 10.4. The Labute approximate surface area is 106 Å². The summed E-state index contributed by atoms with van der Waals surface area (Å²) in [5, 5.41) is 2.86. The van der Waals surface area contributed by atoms with Crippen LogP contribution >= 0.6 is 0 Å². The summed E-state index contributed by atoms with van der Waals surface area (Å²) in [6.45, 7) is 3.76. The van der Waals surface area contributed by atoms with Crippen LogP contribution in [-0.4, -0.2) is 10.9 Å². The highest BCUT2D eigenvalue weighted by atomic mass is 16.1. The highest BCUT2D eigenvalue weighted by Gasteiger charge is 2.08. The molecule has 0 saturated carbocycles. The van der Waals surface area contributed by atoms with Crippen molar-refractivity contribution in [2.24, 2.45) is 0 Å². The lowest BCUT2D eigenvalue weighted by Crippen LogP contribution is -2.13. The molecule has 0 aliphatic carbocycles. The van der Waals surface area contributed by atoms with Crippen LogP contribution in [-0.2, 0) is 0 Å². The van der Waals surface area contributed by atoms with Crippen molar-refractivity contribution in [2.45, 2.75) is 13.8 Å². The number of nitrogens with zero attached hydrogens (tertiary/aromatic N) is 1. The Balaban J connectivity index is 2.21. The Bertz CT molecular complexity index is 593. The summed E-state index contributed by atoms with van der Waals surface area (Å²) in [6.07, 6.45) is 1.63. The number of rotatable bonds is 2. The van der Waals surface area contributed by atoms with Crippen LogP contribution in [0.15, 0.2) is 36.5 Å². The van der Waals surface area contributed by atoms with E-state index in [9.17, 15) is 4.79 Å². The summed E-state index contributed by atoms with van der Waals surface area (Å²) >= 11 is 0. The van der Waals surface area contributed by atoms with Crippen LogP contribution < -0.4 is 11.1 Å². The number of nitrogen functional groups attached to an aromatic ring is 1. The predicted molar refractivity (Wildman–Crippen MR) is 72.5 cm³/mol. The van der Waals surface area contributed by atoms with Crippen LogP contribution in [0.2, 0.25) is 0 Å². The average Bonchev–Trinajstić information content (AvgIpc) is 2.32. The molecular formula is C14H15N3O. The van der Waals surface area contributed by atoms with Gasteiger partial charge in [-0.2, -0.15) is 0 Å². The SMILES string of the molecule is Cc1cc(C(=O)Nc2ccc(N)cc2C)ccn1. The van der Waals surface area contributed by atoms with E-state index in [4.69, 9.17) is 5.73 Å². The minimum absolute atomic E-state index is 0.145. The van der Waals surface area contributed by atoms with Gasteiger partial charge < -0.3 is 11.1 Å². The summed E-state index contributed by atoms with van der Waals surface area (Å²) in [7, 11) is 0. The molecule has 4 nitrogen and oxygen atoms in total. The van der Waals surface area contributed by atoms with Crippen LogP contribution in [0.25, 0.3) is 0 Å². The van der Waals surface area contributed by atoms with Crippen LogP contribution in [0.5, 0.6) is 0 Å². The van der Waals surface area contributed by atoms with Gasteiger partial charge in [-0.3, -0.25) is 9.78 Å². The smallest absolute Gasteiger partial charge is 0.255 e. The Morgan fingerprint density at radius 1 is 1.22 bits per heavy atom. The van der Waals surface area contributed by atoms with E-state index in [0.29, 0.717) is 11.3 Å². The van der Waals surface area contributed by atoms with Gasteiger partial charge in [-0.15, -0.1) is 0 Å².